The Hall–Kier alpha value is -4.89. The number of nitrogens with two attached hydrogens (primary N) is 1. The molecular formula is C41H52N7O8P. The zero-order chi connectivity index (χ0) is 40.7. The van der Waals surface area contributed by atoms with Crippen LogP contribution >= 0.6 is 8.53 Å². The monoisotopic (exact) mass is 801 g/mol. The van der Waals surface area contributed by atoms with Gasteiger partial charge in [0.1, 0.15) is 41.5 Å². The number of ether oxygens (including phenoxy) is 5. The van der Waals surface area contributed by atoms with Crippen LogP contribution in [0.4, 0.5) is 5.95 Å². The first-order valence-electron chi connectivity index (χ1n) is 18.9. The zero-order valence-electron chi connectivity index (χ0n) is 33.6. The smallest absolute Gasteiger partial charge is 0.350 e. The number of hydrogen-bond donors (Lipinski definition) is 2. The average molecular weight is 802 g/mol. The van der Waals surface area contributed by atoms with Crippen LogP contribution in [-0.4, -0.2) is 88.8 Å². The summed E-state index contributed by atoms with van der Waals surface area (Å²) in [6.45, 7) is 10.3. The van der Waals surface area contributed by atoms with E-state index in [9.17, 15) is 4.79 Å². The minimum atomic E-state index is -1.81. The SMILES string of the molecule is CC/C=N/OP(OC1C(COC(c2ccccc2)(c2ccc(OC)cc2)c2ccc(OC)cc2)OC(c2cnn3c(=O)[nH]c(N)nc23)C1OC)N(C(C)C)C(C)C. The summed E-state index contributed by atoms with van der Waals surface area (Å²) in [5.41, 5.74) is 7.62. The molecule has 2 aromatic heterocycles. The van der Waals surface area contributed by atoms with E-state index < -0.39 is 44.2 Å². The predicted molar refractivity (Wildman–Crippen MR) is 218 cm³/mol. The van der Waals surface area contributed by atoms with Gasteiger partial charge in [0.2, 0.25) is 5.95 Å². The van der Waals surface area contributed by atoms with E-state index >= 15 is 0 Å². The molecule has 3 aromatic carbocycles. The van der Waals surface area contributed by atoms with E-state index in [-0.39, 0.29) is 30.3 Å². The Kier molecular flexibility index (Phi) is 13.6. The minimum Gasteiger partial charge on any atom is -0.497 e. The number of nitrogen functional groups attached to an aromatic ring is 1. The Balaban J connectivity index is 1.49. The molecule has 0 radical (unpaired) electrons. The first-order valence-corrected chi connectivity index (χ1v) is 20.0. The molecule has 1 aliphatic rings. The van der Waals surface area contributed by atoms with Crippen molar-refractivity contribution in [3.63, 3.8) is 0 Å². The molecule has 0 saturated carbocycles. The van der Waals surface area contributed by atoms with Gasteiger partial charge < -0.3 is 38.6 Å². The molecule has 16 heteroatoms. The van der Waals surface area contributed by atoms with Crippen LogP contribution in [0.25, 0.3) is 5.65 Å². The Morgan fingerprint density at radius 3 is 2.07 bits per heavy atom. The van der Waals surface area contributed by atoms with Crippen molar-refractivity contribution in [3.05, 3.63) is 118 Å². The molecule has 3 N–H and O–H groups in total. The highest BCUT2D eigenvalue weighted by Gasteiger charge is 2.52. The van der Waals surface area contributed by atoms with Crippen molar-refractivity contribution in [2.45, 2.75) is 83.1 Å². The Labute approximate surface area is 334 Å². The maximum Gasteiger partial charge on any atom is 0.350 e. The number of rotatable bonds is 18. The standard InChI is InChI=1S/C41H52N7O8P/c1-9-23-44-56-57(48(26(2)3)27(4)5)55-36-34(54-35(37(36)52-8)33-24-43-47-38(33)45-39(42)46-40(47)49)25-53-41(28-13-11-10-12-14-28,29-15-19-31(50-6)20-16-29)30-17-21-32(51-7)22-18-30/h10-24,26-27,34-37H,9,25H2,1-8H3,(H3,42,45,46,49)/b44-23+. The van der Waals surface area contributed by atoms with Gasteiger partial charge in [-0.1, -0.05) is 66.7 Å². The lowest BCUT2D eigenvalue weighted by Gasteiger charge is -2.38. The van der Waals surface area contributed by atoms with Crippen LogP contribution in [0.15, 0.2) is 95.0 Å². The van der Waals surface area contributed by atoms with Crippen molar-refractivity contribution in [2.75, 3.05) is 33.7 Å². The summed E-state index contributed by atoms with van der Waals surface area (Å²) in [4.78, 5) is 19.8. The Morgan fingerprint density at radius 2 is 1.53 bits per heavy atom. The van der Waals surface area contributed by atoms with Crippen LogP contribution in [0, 0.1) is 0 Å². The summed E-state index contributed by atoms with van der Waals surface area (Å²) in [6, 6.07) is 25.7. The molecule has 0 bridgehead atoms. The first-order chi connectivity index (χ1) is 27.6. The second kappa shape index (κ2) is 18.6. The molecule has 0 amide bonds. The summed E-state index contributed by atoms with van der Waals surface area (Å²) in [5.74, 6) is 1.35. The normalized spacial score (nSPS) is 19.3. The van der Waals surface area contributed by atoms with E-state index in [1.807, 2.05) is 85.8 Å². The quantitative estimate of drug-likeness (QED) is 0.0421. The van der Waals surface area contributed by atoms with Gasteiger partial charge in [-0.25, -0.2) is 9.46 Å². The van der Waals surface area contributed by atoms with E-state index in [0.29, 0.717) is 23.5 Å². The summed E-state index contributed by atoms with van der Waals surface area (Å²) >= 11 is 0. The molecule has 57 heavy (non-hydrogen) atoms. The summed E-state index contributed by atoms with van der Waals surface area (Å²) < 4.78 is 48.1. The summed E-state index contributed by atoms with van der Waals surface area (Å²) in [7, 11) is 3.05. The largest absolute Gasteiger partial charge is 0.497 e. The molecule has 5 atom stereocenters. The van der Waals surface area contributed by atoms with Gasteiger partial charge in [-0.2, -0.15) is 14.6 Å². The Bertz CT molecular complexity index is 2070. The number of fused-ring (bicyclic) bond motifs is 1. The molecule has 5 aromatic rings. The van der Waals surface area contributed by atoms with Gasteiger partial charge >= 0.3 is 14.2 Å². The van der Waals surface area contributed by atoms with Gasteiger partial charge in [0.25, 0.3) is 0 Å². The summed E-state index contributed by atoms with van der Waals surface area (Å²) in [6.07, 6.45) is 0.819. The average Bonchev–Trinajstić information content (AvgIpc) is 3.79. The van der Waals surface area contributed by atoms with Crippen LogP contribution < -0.4 is 20.9 Å². The van der Waals surface area contributed by atoms with Crippen molar-refractivity contribution in [2.24, 2.45) is 5.16 Å². The van der Waals surface area contributed by atoms with E-state index in [1.165, 1.54) is 6.20 Å². The van der Waals surface area contributed by atoms with Crippen LogP contribution in [0.2, 0.25) is 0 Å². The summed E-state index contributed by atoms with van der Waals surface area (Å²) in [5, 5.41) is 8.60. The van der Waals surface area contributed by atoms with Crippen LogP contribution in [-0.2, 0) is 29.0 Å². The number of oxime groups is 1. The van der Waals surface area contributed by atoms with Crippen LogP contribution in [0.1, 0.15) is 69.4 Å². The number of nitrogens with zero attached hydrogens (tertiary/aromatic N) is 5. The number of anilines is 1. The lowest BCUT2D eigenvalue weighted by molar-refractivity contribution is -0.0805. The molecule has 15 nitrogen and oxygen atoms in total. The van der Waals surface area contributed by atoms with Crippen molar-refractivity contribution in [1.82, 2.24) is 24.3 Å². The number of hydrogen-bond acceptors (Lipinski definition) is 13. The topological polar surface area (TPSA) is 169 Å². The zero-order valence-corrected chi connectivity index (χ0v) is 34.5. The third-order valence-electron chi connectivity index (χ3n) is 9.78. The molecule has 6 rings (SSSR count). The number of benzene rings is 3. The number of methoxy groups -OCH3 is 3. The molecule has 1 saturated heterocycles. The number of H-pyrrole nitrogens is 1. The predicted octanol–water partition coefficient (Wildman–Crippen LogP) is 6.62. The van der Waals surface area contributed by atoms with Crippen molar-refractivity contribution in [1.29, 1.82) is 0 Å². The minimum absolute atomic E-state index is 0.00804. The first kappa shape index (κ1) is 41.7. The molecular weight excluding hydrogens is 749 g/mol. The maximum absolute atomic E-state index is 12.8. The second-order valence-electron chi connectivity index (χ2n) is 14.0. The van der Waals surface area contributed by atoms with E-state index in [1.54, 1.807) is 27.5 Å². The van der Waals surface area contributed by atoms with Gasteiger partial charge in [-0.3, -0.25) is 4.98 Å². The fraction of sp³-hybridized carbons (Fsp3) is 0.415. The van der Waals surface area contributed by atoms with Crippen LogP contribution in [0.5, 0.6) is 11.5 Å². The molecule has 1 aliphatic heterocycles. The van der Waals surface area contributed by atoms with Gasteiger partial charge in [-0.05, 0) is 75.1 Å². The van der Waals surface area contributed by atoms with E-state index in [2.05, 4.69) is 52.6 Å². The highest BCUT2D eigenvalue weighted by Crippen LogP contribution is 2.52. The fourth-order valence-corrected chi connectivity index (χ4v) is 8.84. The second-order valence-corrected chi connectivity index (χ2v) is 15.3. The lowest BCUT2D eigenvalue weighted by atomic mass is 9.80. The van der Waals surface area contributed by atoms with Crippen LogP contribution in [0.3, 0.4) is 0 Å². The number of aromatic amines is 1. The fourth-order valence-electron chi connectivity index (χ4n) is 7.24. The third kappa shape index (κ3) is 8.69. The van der Waals surface area contributed by atoms with Crippen molar-refractivity contribution in [3.8, 4) is 11.5 Å². The van der Waals surface area contributed by atoms with Gasteiger partial charge in [0.05, 0.1) is 27.0 Å². The molecule has 304 valence electrons. The van der Waals surface area contributed by atoms with Gasteiger partial charge in [-0.15, -0.1) is 0 Å². The number of aromatic nitrogens is 4. The van der Waals surface area contributed by atoms with Crippen molar-refractivity contribution >= 4 is 26.3 Å². The van der Waals surface area contributed by atoms with E-state index in [0.717, 1.165) is 21.2 Å². The Morgan fingerprint density at radius 1 is 0.930 bits per heavy atom. The van der Waals surface area contributed by atoms with Gasteiger partial charge in [0.15, 0.2) is 5.65 Å². The third-order valence-corrected chi connectivity index (χ3v) is 11.7. The molecule has 0 spiro atoms. The molecule has 0 aliphatic carbocycles. The maximum atomic E-state index is 12.8. The van der Waals surface area contributed by atoms with Gasteiger partial charge in [0, 0.05) is 31.0 Å². The highest BCUT2D eigenvalue weighted by molar-refractivity contribution is 7.44. The van der Waals surface area contributed by atoms with Crippen molar-refractivity contribution < 1.29 is 32.8 Å². The highest BCUT2D eigenvalue weighted by atomic mass is 31.2. The van der Waals surface area contributed by atoms with E-state index in [4.69, 9.17) is 38.6 Å². The molecule has 3 heterocycles. The lowest BCUT2D eigenvalue weighted by Crippen LogP contribution is -2.42. The number of nitrogens with one attached hydrogen (secondary N) is 1. The molecule has 1 fully saturated rings. The molecule has 5 unspecified atom stereocenters.